The number of aromatic hydroxyl groups is 1. The summed E-state index contributed by atoms with van der Waals surface area (Å²) < 4.78 is 0. The Kier molecular flexibility index (Phi) is 11.1. The first-order valence-electron chi connectivity index (χ1n) is 14.1. The minimum Gasteiger partial charge on any atom is -0.508 e. The normalized spacial score (nSPS) is 14.3. The van der Waals surface area contributed by atoms with Crippen LogP contribution in [0.2, 0.25) is 0 Å². The number of nitrogens with two attached hydrogens (primary N) is 1. The molecule has 0 aliphatic carbocycles. The highest BCUT2D eigenvalue weighted by molar-refractivity contribution is 5.94. The van der Waals surface area contributed by atoms with Crippen molar-refractivity contribution in [1.82, 2.24) is 20.9 Å². The average Bonchev–Trinajstić information content (AvgIpc) is 3.34. The first-order valence-corrected chi connectivity index (χ1v) is 14.1. The number of rotatable bonds is 14. The molecule has 1 aromatic heterocycles. The first-order chi connectivity index (χ1) is 19.8. The lowest BCUT2D eigenvalue weighted by atomic mass is 9.99. The zero-order valence-corrected chi connectivity index (χ0v) is 24.4. The molecular formula is C31H41N5O6. The van der Waals surface area contributed by atoms with Gasteiger partial charge in [0.1, 0.15) is 23.9 Å². The number of amides is 3. The molecule has 3 rings (SSSR count). The monoisotopic (exact) mass is 579 g/mol. The van der Waals surface area contributed by atoms with Gasteiger partial charge in [-0.3, -0.25) is 14.4 Å². The van der Waals surface area contributed by atoms with Gasteiger partial charge in [0.05, 0.1) is 6.04 Å². The van der Waals surface area contributed by atoms with Crippen molar-refractivity contribution in [3.63, 3.8) is 0 Å². The van der Waals surface area contributed by atoms with Gasteiger partial charge in [-0.2, -0.15) is 0 Å². The van der Waals surface area contributed by atoms with Crippen LogP contribution in [-0.4, -0.2) is 63.1 Å². The first kappa shape index (κ1) is 32.1. The van der Waals surface area contributed by atoms with Gasteiger partial charge in [0.2, 0.25) is 17.7 Å². The number of aromatic amines is 1. The summed E-state index contributed by atoms with van der Waals surface area (Å²) in [5.74, 6) is -3.06. The highest BCUT2D eigenvalue weighted by atomic mass is 16.4. The fourth-order valence-electron chi connectivity index (χ4n) is 4.62. The molecule has 0 aliphatic rings. The summed E-state index contributed by atoms with van der Waals surface area (Å²) in [4.78, 5) is 55.1. The second-order valence-corrected chi connectivity index (χ2v) is 11.4. The fraction of sp³-hybridized carbons (Fsp3) is 0.419. The van der Waals surface area contributed by atoms with E-state index >= 15 is 0 Å². The predicted molar refractivity (Wildman–Crippen MR) is 160 cm³/mol. The number of aliphatic carboxylic acids is 1. The zero-order chi connectivity index (χ0) is 31.0. The van der Waals surface area contributed by atoms with E-state index < -0.39 is 47.9 Å². The highest BCUT2D eigenvalue weighted by Crippen LogP contribution is 2.19. The van der Waals surface area contributed by atoms with Crippen LogP contribution in [0.4, 0.5) is 0 Å². The second-order valence-electron chi connectivity index (χ2n) is 11.4. The van der Waals surface area contributed by atoms with Crippen LogP contribution in [-0.2, 0) is 32.0 Å². The maximum atomic E-state index is 13.6. The molecule has 226 valence electrons. The molecule has 0 spiro atoms. The number of para-hydroxylation sites is 1. The lowest BCUT2D eigenvalue weighted by Crippen LogP contribution is -2.58. The molecule has 8 N–H and O–H groups in total. The lowest BCUT2D eigenvalue weighted by Gasteiger charge is -2.26. The highest BCUT2D eigenvalue weighted by Gasteiger charge is 2.31. The summed E-state index contributed by atoms with van der Waals surface area (Å²) in [5.41, 5.74) is 8.18. The van der Waals surface area contributed by atoms with Crippen molar-refractivity contribution in [2.24, 2.45) is 17.6 Å². The van der Waals surface area contributed by atoms with Crippen LogP contribution in [0.15, 0.2) is 54.7 Å². The van der Waals surface area contributed by atoms with Gasteiger partial charge in [-0.1, -0.05) is 58.0 Å². The minimum atomic E-state index is -1.27. The molecule has 0 fully saturated rings. The van der Waals surface area contributed by atoms with E-state index in [1.165, 1.54) is 12.1 Å². The summed E-state index contributed by atoms with van der Waals surface area (Å²) in [6.45, 7) is 7.40. The van der Waals surface area contributed by atoms with Crippen molar-refractivity contribution < 1.29 is 29.4 Å². The van der Waals surface area contributed by atoms with Gasteiger partial charge in [0.25, 0.3) is 0 Å². The molecule has 4 atom stereocenters. The molecular weight excluding hydrogens is 538 g/mol. The van der Waals surface area contributed by atoms with Crippen LogP contribution < -0.4 is 21.7 Å². The van der Waals surface area contributed by atoms with E-state index in [2.05, 4.69) is 20.9 Å². The van der Waals surface area contributed by atoms with Crippen LogP contribution in [0.25, 0.3) is 10.9 Å². The van der Waals surface area contributed by atoms with E-state index in [4.69, 9.17) is 5.73 Å². The number of phenolic OH excluding ortho intramolecular Hbond substituents is 1. The molecule has 0 radical (unpaired) electrons. The van der Waals surface area contributed by atoms with Crippen molar-refractivity contribution in [2.45, 2.75) is 71.1 Å². The smallest absolute Gasteiger partial charge is 0.326 e. The zero-order valence-electron chi connectivity index (χ0n) is 24.4. The molecule has 11 heteroatoms. The summed E-state index contributed by atoms with van der Waals surface area (Å²) in [6, 6.07) is 9.36. The van der Waals surface area contributed by atoms with Crippen molar-refractivity contribution >= 4 is 34.6 Å². The molecule has 0 saturated carbocycles. The number of carboxylic acids is 1. The molecule has 1 heterocycles. The van der Waals surface area contributed by atoms with E-state index in [1.54, 1.807) is 32.2 Å². The van der Waals surface area contributed by atoms with Gasteiger partial charge >= 0.3 is 5.97 Å². The summed E-state index contributed by atoms with van der Waals surface area (Å²) in [7, 11) is 0. The predicted octanol–water partition coefficient (Wildman–Crippen LogP) is 2.23. The van der Waals surface area contributed by atoms with Crippen LogP contribution >= 0.6 is 0 Å². The Morgan fingerprint density at radius 1 is 0.810 bits per heavy atom. The van der Waals surface area contributed by atoms with Crippen LogP contribution in [0.3, 0.4) is 0 Å². The van der Waals surface area contributed by atoms with E-state index in [0.717, 1.165) is 16.5 Å². The molecule has 0 bridgehead atoms. The molecule has 11 nitrogen and oxygen atoms in total. The number of benzene rings is 2. The molecule has 0 aliphatic heterocycles. The summed E-state index contributed by atoms with van der Waals surface area (Å²) >= 11 is 0. The number of hydrogen-bond donors (Lipinski definition) is 7. The summed E-state index contributed by atoms with van der Waals surface area (Å²) in [6.07, 6.45) is 2.05. The third-order valence-corrected chi connectivity index (χ3v) is 7.08. The van der Waals surface area contributed by atoms with Gasteiger partial charge < -0.3 is 36.9 Å². The second kappa shape index (κ2) is 14.5. The Balaban J connectivity index is 1.84. The van der Waals surface area contributed by atoms with Crippen molar-refractivity contribution in [3.05, 3.63) is 65.9 Å². The number of hydrogen-bond acceptors (Lipinski definition) is 6. The number of carbonyl (C=O) groups excluding carboxylic acids is 3. The lowest BCUT2D eigenvalue weighted by molar-refractivity contribution is -0.142. The molecule has 3 amide bonds. The number of fused-ring (bicyclic) bond motifs is 1. The maximum Gasteiger partial charge on any atom is 0.326 e. The van der Waals surface area contributed by atoms with Gasteiger partial charge in [-0.25, -0.2) is 4.79 Å². The van der Waals surface area contributed by atoms with E-state index in [-0.39, 0.29) is 30.4 Å². The Morgan fingerprint density at radius 2 is 1.40 bits per heavy atom. The molecule has 0 saturated heterocycles. The number of carboxylic acid groups (broad SMARTS) is 1. The van der Waals surface area contributed by atoms with E-state index in [0.29, 0.717) is 12.0 Å². The third kappa shape index (κ3) is 8.81. The van der Waals surface area contributed by atoms with Crippen LogP contribution in [0.1, 0.15) is 45.2 Å². The van der Waals surface area contributed by atoms with Gasteiger partial charge in [0.15, 0.2) is 0 Å². The van der Waals surface area contributed by atoms with E-state index in [9.17, 15) is 29.4 Å². The van der Waals surface area contributed by atoms with Gasteiger partial charge in [-0.15, -0.1) is 0 Å². The Labute approximate surface area is 245 Å². The molecule has 4 unspecified atom stereocenters. The van der Waals surface area contributed by atoms with Crippen LogP contribution in [0, 0.1) is 11.8 Å². The Bertz CT molecular complexity index is 1380. The van der Waals surface area contributed by atoms with Gasteiger partial charge in [-0.05, 0) is 47.6 Å². The Hall–Kier alpha value is -4.38. The largest absolute Gasteiger partial charge is 0.508 e. The number of phenols is 1. The number of carbonyl (C=O) groups is 4. The molecule has 2 aromatic carbocycles. The SMILES string of the molecule is CC(C)CC(NC(=O)C(N)C(C)C)C(=O)NC(Cc1ccc(O)cc1)C(=O)NC(Cc1c[nH]c2ccccc12)C(=O)O. The number of aromatic nitrogens is 1. The molecule has 42 heavy (non-hydrogen) atoms. The maximum absolute atomic E-state index is 13.6. The fourth-order valence-corrected chi connectivity index (χ4v) is 4.62. The topological polar surface area (TPSA) is 187 Å². The number of H-pyrrole nitrogens is 1. The van der Waals surface area contributed by atoms with E-state index in [1.807, 2.05) is 38.1 Å². The van der Waals surface area contributed by atoms with Crippen molar-refractivity contribution in [3.8, 4) is 5.75 Å². The number of nitrogens with one attached hydrogen (secondary N) is 4. The van der Waals surface area contributed by atoms with Crippen molar-refractivity contribution in [1.29, 1.82) is 0 Å². The third-order valence-electron chi connectivity index (χ3n) is 7.08. The minimum absolute atomic E-state index is 0.0179. The average molecular weight is 580 g/mol. The molecule has 3 aromatic rings. The Morgan fingerprint density at radius 3 is 2.02 bits per heavy atom. The standard InChI is InChI=1S/C31H41N5O6/c1-17(2)13-24(35-30(40)27(32)18(3)4)28(38)34-25(14-19-9-11-21(37)12-10-19)29(39)36-26(31(41)42)15-20-16-33-23-8-6-5-7-22(20)23/h5-12,16-18,24-27,33,37H,13-15,32H2,1-4H3,(H,34,38)(H,35,40)(H,36,39)(H,41,42). The quantitative estimate of drug-likeness (QED) is 0.152. The van der Waals surface area contributed by atoms with Crippen molar-refractivity contribution in [2.75, 3.05) is 0 Å². The van der Waals surface area contributed by atoms with Gasteiger partial charge in [0, 0.05) is 29.9 Å². The summed E-state index contributed by atoms with van der Waals surface area (Å²) in [5, 5.41) is 28.5. The van der Waals surface area contributed by atoms with Crippen LogP contribution in [0.5, 0.6) is 5.75 Å².